The van der Waals surface area contributed by atoms with Crippen LogP contribution < -0.4 is 49.1 Å². The summed E-state index contributed by atoms with van der Waals surface area (Å²) in [6, 6.07) is -10.8. The van der Waals surface area contributed by atoms with Crippen LogP contribution >= 0.6 is 0 Å². The number of rotatable bonds is 28. The van der Waals surface area contributed by atoms with Crippen molar-refractivity contribution >= 4 is 53.3 Å². The van der Waals surface area contributed by atoms with Crippen LogP contribution in [0.4, 0.5) is 0 Å². The Morgan fingerprint density at radius 1 is 0.641 bits per heavy atom. The van der Waals surface area contributed by atoms with Gasteiger partial charge in [0.15, 0.2) is 5.96 Å². The van der Waals surface area contributed by atoms with Crippen LogP contribution in [0.25, 0.3) is 0 Å². The van der Waals surface area contributed by atoms with Gasteiger partial charge < -0.3 is 84.5 Å². The summed E-state index contributed by atoms with van der Waals surface area (Å²) in [4.78, 5) is 128. The molecular formula is C36H54N16O12. The molecule has 0 spiro atoms. The molecule has 3 rings (SSSR count). The van der Waals surface area contributed by atoms with Crippen LogP contribution in [0.5, 0.6) is 0 Å². The largest absolute Gasteiger partial charge is 0.481 e. The quantitative estimate of drug-likeness (QED) is 0.0183. The molecular weight excluding hydrogens is 848 g/mol. The number of hydrogen-bond donors (Lipinski definition) is 16. The number of nitrogens with zero attached hydrogens (tertiary/aromatic N) is 4. The molecule has 3 aromatic rings. The summed E-state index contributed by atoms with van der Waals surface area (Å²) < 4.78 is 0. The second kappa shape index (κ2) is 25.5. The highest BCUT2D eigenvalue weighted by Gasteiger charge is 2.35. The smallest absolute Gasteiger partial charge is 0.326 e. The third-order valence-corrected chi connectivity index (χ3v) is 9.28. The maximum Gasteiger partial charge on any atom is 0.326 e. The van der Waals surface area contributed by atoms with Gasteiger partial charge in [0.05, 0.1) is 37.7 Å². The molecule has 0 aromatic carbocycles. The molecule has 3 aromatic heterocycles. The van der Waals surface area contributed by atoms with Crippen LogP contribution in [-0.4, -0.2) is 165 Å². The Morgan fingerprint density at radius 3 is 1.52 bits per heavy atom. The Hall–Kier alpha value is -7.46. The van der Waals surface area contributed by atoms with Crippen LogP contribution in [0, 0.1) is 0 Å². The Balaban J connectivity index is 1.82. The molecule has 28 nitrogen and oxygen atoms in total. The zero-order chi connectivity index (χ0) is 47.3. The van der Waals surface area contributed by atoms with E-state index in [0.717, 1.165) is 0 Å². The molecule has 0 aliphatic heterocycles. The summed E-state index contributed by atoms with van der Waals surface area (Å²) in [5, 5.41) is 53.8. The first-order valence-electron chi connectivity index (χ1n) is 19.7. The van der Waals surface area contributed by atoms with Gasteiger partial charge in [-0.05, 0) is 26.2 Å². The molecule has 19 N–H and O–H groups in total. The van der Waals surface area contributed by atoms with Gasteiger partial charge in [0.2, 0.25) is 35.4 Å². The van der Waals surface area contributed by atoms with Gasteiger partial charge in [-0.2, -0.15) is 0 Å². The summed E-state index contributed by atoms with van der Waals surface area (Å²) in [6.07, 6.45) is 4.91. The van der Waals surface area contributed by atoms with Crippen LogP contribution in [-0.2, 0) is 57.6 Å². The maximum atomic E-state index is 14.0. The molecule has 64 heavy (non-hydrogen) atoms. The maximum absolute atomic E-state index is 14.0. The number of aromatic amines is 3. The van der Waals surface area contributed by atoms with E-state index < -0.39 is 109 Å². The van der Waals surface area contributed by atoms with Crippen molar-refractivity contribution in [1.29, 1.82) is 0 Å². The number of hydrogen-bond acceptors (Lipinski definition) is 15. The molecule has 0 radical (unpaired) electrons. The molecule has 8 atom stereocenters. The minimum absolute atomic E-state index is 0.0332. The number of aromatic nitrogens is 6. The third kappa shape index (κ3) is 17.1. The minimum Gasteiger partial charge on any atom is -0.481 e. The normalized spacial score (nSPS) is 14.8. The predicted molar refractivity (Wildman–Crippen MR) is 220 cm³/mol. The summed E-state index contributed by atoms with van der Waals surface area (Å²) in [5.41, 5.74) is 17.6. The Kier molecular flexibility index (Phi) is 20.3. The van der Waals surface area contributed by atoms with Crippen molar-refractivity contribution in [3.63, 3.8) is 0 Å². The average molecular weight is 903 g/mol. The number of guanidine groups is 1. The van der Waals surface area contributed by atoms with E-state index in [4.69, 9.17) is 22.3 Å². The van der Waals surface area contributed by atoms with Crippen LogP contribution in [0.15, 0.2) is 42.6 Å². The van der Waals surface area contributed by atoms with Gasteiger partial charge in [0, 0.05) is 67.9 Å². The fourth-order valence-electron chi connectivity index (χ4n) is 5.86. The van der Waals surface area contributed by atoms with Gasteiger partial charge in [0.1, 0.15) is 36.3 Å². The third-order valence-electron chi connectivity index (χ3n) is 9.28. The number of carbonyl (C=O) groups is 8. The molecule has 28 heteroatoms. The summed E-state index contributed by atoms with van der Waals surface area (Å²) in [5.74, 6) is -8.89. The second-order valence-electron chi connectivity index (χ2n) is 14.4. The molecule has 0 aliphatic carbocycles. The lowest BCUT2D eigenvalue weighted by Gasteiger charge is -2.27. The van der Waals surface area contributed by atoms with E-state index >= 15 is 0 Å². The van der Waals surface area contributed by atoms with Crippen LogP contribution in [0.2, 0.25) is 0 Å². The molecule has 0 fully saturated rings. The van der Waals surface area contributed by atoms with Crippen LogP contribution in [0.1, 0.15) is 49.7 Å². The number of amides is 6. The second-order valence-corrected chi connectivity index (χ2v) is 14.4. The highest BCUT2D eigenvalue weighted by atomic mass is 16.4. The Bertz CT molecular complexity index is 2020. The lowest BCUT2D eigenvalue weighted by atomic mass is 10.1. The van der Waals surface area contributed by atoms with E-state index in [1.54, 1.807) is 0 Å². The topological polar surface area (TPSA) is 466 Å². The number of aliphatic hydroxyl groups is 2. The van der Waals surface area contributed by atoms with Gasteiger partial charge >= 0.3 is 11.9 Å². The highest BCUT2D eigenvalue weighted by molar-refractivity contribution is 5.97. The van der Waals surface area contributed by atoms with Gasteiger partial charge in [0.25, 0.3) is 0 Å². The van der Waals surface area contributed by atoms with Crippen molar-refractivity contribution in [2.45, 2.75) is 100 Å². The number of carboxylic acids is 2. The number of nitrogens with one attached hydrogen (secondary N) is 9. The molecule has 3 heterocycles. The number of carbonyl (C=O) groups excluding carboxylic acids is 6. The van der Waals surface area contributed by atoms with Gasteiger partial charge in [-0.25, -0.2) is 19.7 Å². The van der Waals surface area contributed by atoms with Crippen molar-refractivity contribution in [3.8, 4) is 0 Å². The summed E-state index contributed by atoms with van der Waals surface area (Å²) in [7, 11) is 0. The fourth-order valence-corrected chi connectivity index (χ4v) is 5.86. The molecule has 0 bridgehead atoms. The van der Waals surface area contributed by atoms with Crippen molar-refractivity contribution in [2.24, 2.45) is 22.2 Å². The summed E-state index contributed by atoms with van der Waals surface area (Å²) >= 11 is 0. The zero-order valence-corrected chi connectivity index (χ0v) is 34.5. The van der Waals surface area contributed by atoms with Crippen molar-refractivity contribution in [2.75, 3.05) is 13.2 Å². The molecule has 0 saturated heterocycles. The van der Waals surface area contributed by atoms with Crippen molar-refractivity contribution in [3.05, 3.63) is 54.7 Å². The number of nitrogens with two attached hydrogens (primary N) is 3. The highest BCUT2D eigenvalue weighted by Crippen LogP contribution is 2.08. The van der Waals surface area contributed by atoms with Crippen molar-refractivity contribution in [1.82, 2.24) is 61.8 Å². The number of aliphatic hydroxyl groups excluding tert-OH is 2. The number of imidazole rings is 3. The number of aliphatic imine (C=N–C) groups is 1. The Labute approximate surface area is 363 Å². The fraction of sp³-hybridized carbons (Fsp3) is 0.500. The molecule has 0 aliphatic rings. The lowest BCUT2D eigenvalue weighted by Crippen LogP contribution is -2.62. The number of aliphatic carboxylic acids is 2. The SMILES string of the molecule is C[C@@H](O)[C@H](NC(=O)[C@H](Cc1cnc[nH]1)NC(=O)[C@H](Cc1cnc[nH]1)NC(=O)[C@H](CO)NC(=O)[C@H](CCCN=C(N)N)NC(=O)[C@@H](N)CCC(=O)O)C(=O)N[C@@H](Cc1cnc[nH]1)C(=O)O. The van der Waals surface area contributed by atoms with Gasteiger partial charge in [-0.3, -0.25) is 38.6 Å². The lowest BCUT2D eigenvalue weighted by molar-refractivity contribution is -0.143. The van der Waals surface area contributed by atoms with Crippen molar-refractivity contribution < 1.29 is 58.8 Å². The minimum atomic E-state index is -1.74. The summed E-state index contributed by atoms with van der Waals surface area (Å²) in [6.45, 7) is 0.191. The van der Waals surface area contributed by atoms with Gasteiger partial charge in [-0.15, -0.1) is 0 Å². The molecule has 350 valence electrons. The predicted octanol–water partition coefficient (Wildman–Crippen LogP) is -6.50. The average Bonchev–Trinajstić information content (AvgIpc) is 4.06. The van der Waals surface area contributed by atoms with E-state index in [2.05, 4.69) is 66.8 Å². The van der Waals surface area contributed by atoms with Crippen LogP contribution in [0.3, 0.4) is 0 Å². The first-order valence-corrected chi connectivity index (χ1v) is 19.7. The molecule has 0 unspecified atom stereocenters. The van der Waals surface area contributed by atoms with E-state index in [-0.39, 0.29) is 51.0 Å². The number of carboxylic acid groups (broad SMARTS) is 2. The van der Waals surface area contributed by atoms with E-state index in [0.29, 0.717) is 17.1 Å². The standard InChI is InChI=1S/C36H54N16O12/c1-17(54)28(34(62)50-25(35(63)64)9-20-12-42-16-46-20)52-32(60)24(8-19-11-41-15-45-19)48-31(59)23(7-18-10-40-14-44-18)49-33(61)26(13-53)51-30(58)22(3-2-6-43-36(38)39)47-29(57)21(37)4-5-27(55)56/h10-12,14-17,21-26,28,53-54H,2-9,13,37H2,1H3,(H,40,44)(H,41,45)(H,42,46)(H,47,57)(H,48,59)(H,49,61)(H,50,62)(H,51,58)(H,52,60)(H,55,56)(H,63,64)(H4,38,39,43)/t17-,21+,22+,23+,24+,25+,26+,28+/m1/s1. The monoisotopic (exact) mass is 902 g/mol. The Morgan fingerprint density at radius 2 is 1.08 bits per heavy atom. The van der Waals surface area contributed by atoms with E-state index in [1.165, 1.54) is 44.5 Å². The first-order chi connectivity index (χ1) is 30.4. The molecule has 6 amide bonds. The van der Waals surface area contributed by atoms with E-state index in [9.17, 15) is 53.7 Å². The number of H-pyrrole nitrogens is 3. The van der Waals surface area contributed by atoms with Gasteiger partial charge in [-0.1, -0.05) is 0 Å². The van der Waals surface area contributed by atoms with E-state index in [1.807, 2.05) is 0 Å². The molecule has 0 saturated carbocycles. The first kappa shape index (κ1) is 50.9. The zero-order valence-electron chi connectivity index (χ0n) is 34.5.